The van der Waals surface area contributed by atoms with Crippen LogP contribution in [0.4, 0.5) is 4.79 Å². The highest BCUT2D eigenvalue weighted by atomic mass is 16.5. The van der Waals surface area contributed by atoms with Crippen molar-refractivity contribution in [3.8, 4) is 0 Å². The minimum atomic E-state index is -1.03. The Hall–Kier alpha value is -2.06. The van der Waals surface area contributed by atoms with Crippen LogP contribution < -0.4 is 10.2 Å². The van der Waals surface area contributed by atoms with Crippen LogP contribution >= 0.6 is 0 Å². The van der Waals surface area contributed by atoms with E-state index in [2.05, 4.69) is 16.9 Å². The second-order valence-corrected chi connectivity index (χ2v) is 5.60. The summed E-state index contributed by atoms with van der Waals surface area (Å²) < 4.78 is 5.30. The molecule has 126 valence electrons. The first kappa shape index (κ1) is 17.3. The van der Waals surface area contributed by atoms with E-state index >= 15 is 0 Å². The van der Waals surface area contributed by atoms with Gasteiger partial charge in [0.1, 0.15) is 13.1 Å². The molecule has 2 N–H and O–H groups in total. The molecule has 0 aromatic heterocycles. The topological polar surface area (TPSA) is 92.5 Å². The predicted octanol–water partition coefficient (Wildman–Crippen LogP) is -1.76. The second kappa shape index (κ2) is 7.98. The number of hydrogen-bond acceptors (Lipinski definition) is 5. The highest BCUT2D eigenvalue weighted by molar-refractivity contribution is 6.27. The number of barbiturate groups is 1. The van der Waals surface area contributed by atoms with E-state index in [4.69, 9.17) is 4.74 Å². The standard InChI is InChI=1S/C15H22N4O4/c1-3-5-19-14(21)12(13(20)17-15(19)22)11(2)16-4-6-18-7-9-23-10-8-18/h3,12H,1,4-10H2,2H3,(H,17,20,22)/p+1. The molecule has 4 amide bonds. The Morgan fingerprint density at radius 1 is 1.43 bits per heavy atom. The number of nitrogens with zero attached hydrogens (tertiary/aromatic N) is 2. The van der Waals surface area contributed by atoms with Crippen molar-refractivity contribution in [3.05, 3.63) is 12.7 Å². The molecular weight excluding hydrogens is 300 g/mol. The van der Waals surface area contributed by atoms with Crippen molar-refractivity contribution in [2.75, 3.05) is 45.9 Å². The molecule has 1 unspecified atom stereocenters. The molecule has 8 heteroatoms. The summed E-state index contributed by atoms with van der Waals surface area (Å²) in [5, 5.41) is 2.19. The molecular formula is C15H23N4O4+. The van der Waals surface area contributed by atoms with Crippen LogP contribution in [0, 0.1) is 5.92 Å². The summed E-state index contributed by atoms with van der Waals surface area (Å²) in [6.07, 6.45) is 1.44. The van der Waals surface area contributed by atoms with Crippen molar-refractivity contribution in [1.29, 1.82) is 0 Å². The van der Waals surface area contributed by atoms with E-state index in [1.807, 2.05) is 0 Å². The molecule has 2 aliphatic heterocycles. The monoisotopic (exact) mass is 323 g/mol. The van der Waals surface area contributed by atoms with Crippen LogP contribution in [-0.2, 0) is 14.3 Å². The molecule has 2 heterocycles. The lowest BCUT2D eigenvalue weighted by atomic mass is 9.99. The zero-order chi connectivity index (χ0) is 16.8. The van der Waals surface area contributed by atoms with Crippen molar-refractivity contribution in [1.82, 2.24) is 10.2 Å². The van der Waals surface area contributed by atoms with Crippen LogP contribution in [0.2, 0.25) is 0 Å². The number of quaternary nitrogens is 1. The van der Waals surface area contributed by atoms with E-state index in [0.29, 0.717) is 12.3 Å². The van der Waals surface area contributed by atoms with Crippen LogP contribution in [0.5, 0.6) is 0 Å². The maximum absolute atomic E-state index is 12.3. The Bertz CT molecular complexity index is 526. The van der Waals surface area contributed by atoms with Crippen molar-refractivity contribution < 1.29 is 24.0 Å². The number of carbonyl (C=O) groups is 3. The van der Waals surface area contributed by atoms with Gasteiger partial charge in [-0.2, -0.15) is 0 Å². The van der Waals surface area contributed by atoms with Crippen molar-refractivity contribution in [2.24, 2.45) is 10.9 Å². The number of morpholine rings is 1. The van der Waals surface area contributed by atoms with Gasteiger partial charge in [-0.05, 0) is 6.92 Å². The number of amides is 4. The van der Waals surface area contributed by atoms with E-state index in [1.165, 1.54) is 11.0 Å². The van der Waals surface area contributed by atoms with E-state index in [1.54, 1.807) is 6.92 Å². The molecule has 0 saturated carbocycles. The second-order valence-electron chi connectivity index (χ2n) is 5.60. The van der Waals surface area contributed by atoms with Gasteiger partial charge >= 0.3 is 6.03 Å². The molecule has 0 aliphatic carbocycles. The average molecular weight is 323 g/mol. The normalized spacial score (nSPS) is 23.9. The number of rotatable bonds is 6. The van der Waals surface area contributed by atoms with Crippen molar-refractivity contribution >= 4 is 23.6 Å². The molecule has 0 bridgehead atoms. The maximum Gasteiger partial charge on any atom is 0.331 e. The summed E-state index contributed by atoms with van der Waals surface area (Å²) in [6, 6.07) is -0.707. The van der Waals surface area contributed by atoms with Gasteiger partial charge in [-0.25, -0.2) is 4.79 Å². The number of carbonyl (C=O) groups excluding carboxylic acids is 3. The summed E-state index contributed by atoms with van der Waals surface area (Å²) in [7, 11) is 0. The maximum atomic E-state index is 12.3. The minimum Gasteiger partial charge on any atom is -0.370 e. The summed E-state index contributed by atoms with van der Waals surface area (Å²) in [6.45, 7) is 9.99. The Morgan fingerprint density at radius 2 is 2.13 bits per heavy atom. The largest absolute Gasteiger partial charge is 0.370 e. The van der Waals surface area contributed by atoms with Crippen LogP contribution in [-0.4, -0.2) is 74.4 Å². The first-order valence-corrected chi connectivity index (χ1v) is 7.74. The van der Waals surface area contributed by atoms with Gasteiger partial charge in [-0.3, -0.25) is 24.8 Å². The Labute approximate surface area is 135 Å². The van der Waals surface area contributed by atoms with E-state index < -0.39 is 23.8 Å². The summed E-state index contributed by atoms with van der Waals surface area (Å²) in [4.78, 5) is 42.7. The van der Waals surface area contributed by atoms with Crippen LogP contribution in [0.1, 0.15) is 6.92 Å². The van der Waals surface area contributed by atoms with Gasteiger partial charge < -0.3 is 9.64 Å². The quantitative estimate of drug-likeness (QED) is 0.344. The molecule has 0 aromatic rings. The van der Waals surface area contributed by atoms with Gasteiger partial charge in [-0.15, -0.1) is 6.58 Å². The Kier molecular flexibility index (Phi) is 6.00. The van der Waals surface area contributed by atoms with E-state index in [0.717, 1.165) is 37.7 Å². The van der Waals surface area contributed by atoms with E-state index in [-0.39, 0.29) is 6.54 Å². The molecule has 0 radical (unpaired) electrons. The zero-order valence-electron chi connectivity index (χ0n) is 13.3. The third-order valence-corrected chi connectivity index (χ3v) is 4.01. The minimum absolute atomic E-state index is 0.0691. The predicted molar refractivity (Wildman–Crippen MR) is 83.3 cm³/mol. The van der Waals surface area contributed by atoms with Gasteiger partial charge in [0.2, 0.25) is 11.8 Å². The third-order valence-electron chi connectivity index (χ3n) is 4.01. The molecule has 0 aromatic carbocycles. The number of aliphatic imine (C=N–C) groups is 1. The van der Waals surface area contributed by atoms with Crippen LogP contribution in [0.3, 0.4) is 0 Å². The van der Waals surface area contributed by atoms with Crippen molar-refractivity contribution in [2.45, 2.75) is 6.92 Å². The zero-order valence-corrected chi connectivity index (χ0v) is 13.3. The molecule has 2 fully saturated rings. The molecule has 2 aliphatic rings. The average Bonchev–Trinajstić information content (AvgIpc) is 2.52. The number of hydrogen-bond donors (Lipinski definition) is 2. The Balaban J connectivity index is 1.97. The molecule has 2 saturated heterocycles. The molecule has 0 spiro atoms. The number of imide groups is 2. The van der Waals surface area contributed by atoms with E-state index in [9.17, 15) is 14.4 Å². The lowest BCUT2D eigenvalue weighted by molar-refractivity contribution is -0.906. The number of urea groups is 1. The summed E-state index contributed by atoms with van der Waals surface area (Å²) in [5.41, 5.74) is 0.432. The fourth-order valence-electron chi connectivity index (χ4n) is 2.68. The number of ether oxygens (including phenoxy) is 1. The first-order valence-electron chi connectivity index (χ1n) is 7.74. The summed E-state index contributed by atoms with van der Waals surface area (Å²) in [5.74, 6) is -2.19. The fraction of sp³-hybridized carbons (Fsp3) is 0.600. The lowest BCUT2D eigenvalue weighted by Crippen LogP contribution is -3.14. The molecule has 23 heavy (non-hydrogen) atoms. The lowest BCUT2D eigenvalue weighted by Gasteiger charge is -2.29. The van der Waals surface area contributed by atoms with Gasteiger partial charge in [0.25, 0.3) is 0 Å². The molecule has 8 nitrogen and oxygen atoms in total. The van der Waals surface area contributed by atoms with Gasteiger partial charge in [0, 0.05) is 12.3 Å². The smallest absolute Gasteiger partial charge is 0.331 e. The molecule has 1 atom stereocenters. The highest BCUT2D eigenvalue weighted by Gasteiger charge is 2.41. The fourth-order valence-corrected chi connectivity index (χ4v) is 2.68. The summed E-state index contributed by atoms with van der Waals surface area (Å²) >= 11 is 0. The van der Waals surface area contributed by atoms with Crippen molar-refractivity contribution in [3.63, 3.8) is 0 Å². The third kappa shape index (κ3) is 4.23. The van der Waals surface area contributed by atoms with Crippen LogP contribution in [0.25, 0.3) is 0 Å². The molecule has 2 rings (SSSR count). The van der Waals surface area contributed by atoms with Gasteiger partial charge in [0.15, 0.2) is 5.92 Å². The highest BCUT2D eigenvalue weighted by Crippen LogP contribution is 2.12. The SMILES string of the molecule is C=CCN1C(=O)NC(=O)C(C(C)=NCC[NH+]2CCOCC2)C1=O. The first-order chi connectivity index (χ1) is 11.0. The Morgan fingerprint density at radius 3 is 2.78 bits per heavy atom. The van der Waals surface area contributed by atoms with Gasteiger partial charge in [-0.1, -0.05) is 6.08 Å². The number of nitrogens with one attached hydrogen (secondary N) is 2. The van der Waals surface area contributed by atoms with Crippen LogP contribution in [0.15, 0.2) is 17.6 Å². The van der Waals surface area contributed by atoms with Gasteiger partial charge in [0.05, 0.1) is 26.3 Å².